The SMILES string of the molecule is CCCN(C)CCC(C)P. The molecule has 0 N–H and O–H groups in total. The Morgan fingerprint density at radius 2 is 2.00 bits per heavy atom. The van der Waals surface area contributed by atoms with E-state index in [4.69, 9.17) is 0 Å². The van der Waals surface area contributed by atoms with Crippen molar-refractivity contribution in [1.29, 1.82) is 0 Å². The first-order valence-electron chi connectivity index (χ1n) is 4.11. The highest BCUT2D eigenvalue weighted by Crippen LogP contribution is 2.03. The predicted octanol–water partition coefficient (Wildman–Crippen LogP) is 1.98. The Labute approximate surface area is 67.4 Å². The zero-order chi connectivity index (χ0) is 7.98. The topological polar surface area (TPSA) is 3.24 Å². The van der Waals surface area contributed by atoms with Crippen LogP contribution in [0.2, 0.25) is 0 Å². The summed E-state index contributed by atoms with van der Waals surface area (Å²) in [6.45, 7) is 6.93. The average molecular weight is 161 g/mol. The first kappa shape index (κ1) is 10.4. The average Bonchev–Trinajstić information content (AvgIpc) is 1.85. The van der Waals surface area contributed by atoms with Crippen LogP contribution in [0, 0.1) is 0 Å². The second kappa shape index (κ2) is 6.12. The second-order valence-electron chi connectivity index (χ2n) is 3.07. The lowest BCUT2D eigenvalue weighted by atomic mass is 10.3. The van der Waals surface area contributed by atoms with Crippen molar-refractivity contribution in [2.24, 2.45) is 0 Å². The molecule has 0 spiro atoms. The molecular weight excluding hydrogens is 141 g/mol. The van der Waals surface area contributed by atoms with E-state index in [-0.39, 0.29) is 0 Å². The second-order valence-corrected chi connectivity index (χ2v) is 4.21. The van der Waals surface area contributed by atoms with E-state index in [2.05, 4.69) is 35.0 Å². The van der Waals surface area contributed by atoms with Crippen molar-refractivity contribution in [3.05, 3.63) is 0 Å². The Kier molecular flexibility index (Phi) is 6.36. The Balaban J connectivity index is 3.12. The van der Waals surface area contributed by atoms with Crippen LogP contribution >= 0.6 is 9.24 Å². The maximum atomic E-state index is 2.83. The quantitative estimate of drug-likeness (QED) is 0.557. The first-order chi connectivity index (χ1) is 4.66. The van der Waals surface area contributed by atoms with Crippen molar-refractivity contribution in [1.82, 2.24) is 4.90 Å². The molecule has 2 heteroatoms. The lowest BCUT2D eigenvalue weighted by molar-refractivity contribution is 0.330. The minimum atomic E-state index is 0.763. The summed E-state index contributed by atoms with van der Waals surface area (Å²) in [5, 5.41) is 0. The third-order valence-corrected chi connectivity index (χ3v) is 1.90. The van der Waals surface area contributed by atoms with Crippen LogP contribution in [0.15, 0.2) is 0 Å². The van der Waals surface area contributed by atoms with Crippen LogP contribution in [-0.2, 0) is 0 Å². The van der Waals surface area contributed by atoms with Gasteiger partial charge in [-0.1, -0.05) is 13.8 Å². The van der Waals surface area contributed by atoms with E-state index in [9.17, 15) is 0 Å². The van der Waals surface area contributed by atoms with Gasteiger partial charge in [-0.25, -0.2) is 0 Å². The van der Waals surface area contributed by atoms with E-state index in [0.29, 0.717) is 0 Å². The van der Waals surface area contributed by atoms with Gasteiger partial charge in [0, 0.05) is 0 Å². The van der Waals surface area contributed by atoms with Crippen LogP contribution in [0.1, 0.15) is 26.7 Å². The Morgan fingerprint density at radius 1 is 1.40 bits per heavy atom. The molecule has 0 saturated carbocycles. The van der Waals surface area contributed by atoms with Gasteiger partial charge in [0.05, 0.1) is 0 Å². The molecule has 0 heterocycles. The van der Waals surface area contributed by atoms with Gasteiger partial charge in [0.25, 0.3) is 0 Å². The van der Waals surface area contributed by atoms with Gasteiger partial charge in [0.15, 0.2) is 0 Å². The van der Waals surface area contributed by atoms with Crippen molar-refractivity contribution >= 4 is 9.24 Å². The van der Waals surface area contributed by atoms with E-state index in [1.54, 1.807) is 0 Å². The van der Waals surface area contributed by atoms with Crippen LogP contribution in [0.25, 0.3) is 0 Å². The van der Waals surface area contributed by atoms with Gasteiger partial charge in [-0.15, -0.1) is 9.24 Å². The molecule has 0 saturated heterocycles. The van der Waals surface area contributed by atoms with E-state index in [1.165, 1.54) is 25.9 Å². The van der Waals surface area contributed by atoms with E-state index in [0.717, 1.165) is 5.66 Å². The van der Waals surface area contributed by atoms with Crippen molar-refractivity contribution in [2.45, 2.75) is 32.3 Å². The molecule has 0 aliphatic rings. The van der Waals surface area contributed by atoms with Crippen molar-refractivity contribution in [3.63, 3.8) is 0 Å². The highest BCUT2D eigenvalue weighted by molar-refractivity contribution is 7.17. The smallest absolute Gasteiger partial charge is 0.00161 e. The molecule has 0 amide bonds. The van der Waals surface area contributed by atoms with E-state index < -0.39 is 0 Å². The molecule has 2 unspecified atom stereocenters. The monoisotopic (exact) mass is 161 g/mol. The molecule has 0 aliphatic heterocycles. The molecule has 0 aromatic rings. The van der Waals surface area contributed by atoms with Crippen molar-refractivity contribution in [2.75, 3.05) is 20.1 Å². The Bertz CT molecular complexity index is 73.7. The lowest BCUT2D eigenvalue weighted by Gasteiger charge is -2.16. The Morgan fingerprint density at radius 3 is 2.40 bits per heavy atom. The van der Waals surface area contributed by atoms with Crippen LogP contribution < -0.4 is 0 Å². The minimum absolute atomic E-state index is 0.763. The standard InChI is InChI=1S/C8H20NP/c1-4-6-9(3)7-5-8(2)10/h8H,4-7,10H2,1-3H3. The number of hydrogen-bond acceptors (Lipinski definition) is 1. The largest absolute Gasteiger partial charge is 0.306 e. The highest BCUT2D eigenvalue weighted by Gasteiger charge is 1.97. The van der Waals surface area contributed by atoms with E-state index in [1.807, 2.05) is 0 Å². The Hall–Kier alpha value is 0.390. The molecule has 0 fully saturated rings. The molecule has 0 aliphatic carbocycles. The third-order valence-electron chi connectivity index (χ3n) is 1.57. The summed E-state index contributed by atoms with van der Waals surface area (Å²) in [4.78, 5) is 2.39. The minimum Gasteiger partial charge on any atom is -0.306 e. The molecule has 2 atom stereocenters. The maximum absolute atomic E-state index is 2.83. The van der Waals surface area contributed by atoms with Gasteiger partial charge < -0.3 is 4.90 Å². The fourth-order valence-corrected chi connectivity index (χ4v) is 1.07. The molecular formula is C8H20NP. The molecule has 62 valence electrons. The van der Waals surface area contributed by atoms with Gasteiger partial charge in [0.1, 0.15) is 0 Å². The van der Waals surface area contributed by atoms with E-state index >= 15 is 0 Å². The fourth-order valence-electron chi connectivity index (χ4n) is 0.918. The van der Waals surface area contributed by atoms with Crippen molar-refractivity contribution in [3.8, 4) is 0 Å². The van der Waals surface area contributed by atoms with Crippen LogP contribution in [0.3, 0.4) is 0 Å². The molecule has 0 rings (SSSR count). The first-order valence-corrected chi connectivity index (χ1v) is 4.77. The van der Waals surface area contributed by atoms with Crippen LogP contribution in [0.5, 0.6) is 0 Å². The number of hydrogen-bond donors (Lipinski definition) is 0. The summed E-state index contributed by atoms with van der Waals surface area (Å²) in [5.41, 5.74) is 0.763. The molecule has 0 bridgehead atoms. The number of rotatable bonds is 5. The van der Waals surface area contributed by atoms with Gasteiger partial charge in [-0.3, -0.25) is 0 Å². The van der Waals surface area contributed by atoms with Gasteiger partial charge in [-0.2, -0.15) is 0 Å². The zero-order valence-electron chi connectivity index (χ0n) is 7.43. The molecule has 0 radical (unpaired) electrons. The van der Waals surface area contributed by atoms with Gasteiger partial charge in [0.2, 0.25) is 0 Å². The zero-order valence-corrected chi connectivity index (χ0v) is 8.59. The lowest BCUT2D eigenvalue weighted by Crippen LogP contribution is -2.21. The number of nitrogens with zero attached hydrogens (tertiary/aromatic N) is 1. The normalized spacial score (nSPS) is 14.1. The predicted molar refractivity (Wildman–Crippen MR) is 51.6 cm³/mol. The summed E-state index contributed by atoms with van der Waals surface area (Å²) in [7, 11) is 5.02. The molecule has 0 aromatic heterocycles. The summed E-state index contributed by atoms with van der Waals surface area (Å²) >= 11 is 0. The van der Waals surface area contributed by atoms with Crippen LogP contribution in [-0.4, -0.2) is 30.7 Å². The summed E-state index contributed by atoms with van der Waals surface area (Å²) in [5.74, 6) is 0. The maximum Gasteiger partial charge on any atom is -0.00161 e. The van der Waals surface area contributed by atoms with Gasteiger partial charge in [-0.05, 0) is 38.6 Å². The summed E-state index contributed by atoms with van der Waals surface area (Å²) in [6, 6.07) is 0. The molecule has 10 heavy (non-hydrogen) atoms. The van der Waals surface area contributed by atoms with Crippen LogP contribution in [0.4, 0.5) is 0 Å². The highest BCUT2D eigenvalue weighted by atomic mass is 31.0. The molecule has 1 nitrogen and oxygen atoms in total. The summed E-state index contributed by atoms with van der Waals surface area (Å²) < 4.78 is 0. The summed E-state index contributed by atoms with van der Waals surface area (Å²) in [6.07, 6.45) is 2.56. The van der Waals surface area contributed by atoms with Crippen molar-refractivity contribution < 1.29 is 0 Å². The molecule has 0 aromatic carbocycles. The third kappa shape index (κ3) is 6.51. The fraction of sp³-hybridized carbons (Fsp3) is 1.00. The van der Waals surface area contributed by atoms with Gasteiger partial charge >= 0.3 is 0 Å².